The van der Waals surface area contributed by atoms with Crippen molar-refractivity contribution in [3.05, 3.63) is 0 Å². The maximum atomic E-state index is 6.52. The van der Waals surface area contributed by atoms with Crippen LogP contribution in [-0.4, -0.2) is 18.2 Å². The minimum absolute atomic E-state index is 0.222. The van der Waals surface area contributed by atoms with Gasteiger partial charge in [0, 0.05) is 12.6 Å². The molecule has 0 bridgehead atoms. The van der Waals surface area contributed by atoms with Crippen LogP contribution in [0.25, 0.3) is 0 Å². The second-order valence-electron chi connectivity index (χ2n) is 7.57. The number of hydrogen-bond donors (Lipinski definition) is 1. The Labute approximate surface area is 132 Å². The van der Waals surface area contributed by atoms with Gasteiger partial charge in [0.15, 0.2) is 0 Å². The van der Waals surface area contributed by atoms with Crippen LogP contribution in [-0.2, 0) is 4.74 Å². The largest absolute Gasteiger partial charge is 0.375 e. The highest BCUT2D eigenvalue weighted by Crippen LogP contribution is 2.41. The summed E-state index contributed by atoms with van der Waals surface area (Å²) in [6, 6.07) is 0.416. The molecular weight excluding hydrogens is 258 g/mol. The van der Waals surface area contributed by atoms with Crippen LogP contribution >= 0.6 is 0 Å². The summed E-state index contributed by atoms with van der Waals surface area (Å²) in [4.78, 5) is 0. The van der Waals surface area contributed by atoms with Gasteiger partial charge >= 0.3 is 0 Å². The summed E-state index contributed by atoms with van der Waals surface area (Å²) < 4.78 is 6.20. The van der Waals surface area contributed by atoms with Crippen molar-refractivity contribution >= 4 is 0 Å². The van der Waals surface area contributed by atoms with Crippen LogP contribution in [0.4, 0.5) is 0 Å². The fraction of sp³-hybridized carbons (Fsp3) is 1.00. The van der Waals surface area contributed by atoms with Crippen molar-refractivity contribution in [2.75, 3.05) is 6.61 Å². The molecule has 2 N–H and O–H groups in total. The molecule has 2 atom stereocenters. The lowest BCUT2D eigenvalue weighted by Crippen LogP contribution is -2.46. The molecule has 2 nitrogen and oxygen atoms in total. The average molecular weight is 296 g/mol. The summed E-state index contributed by atoms with van der Waals surface area (Å²) in [5, 5.41) is 0. The van der Waals surface area contributed by atoms with Crippen LogP contribution < -0.4 is 5.73 Å². The molecule has 1 saturated carbocycles. The topological polar surface area (TPSA) is 35.2 Å². The maximum Gasteiger partial charge on any atom is 0.0685 e. The second kappa shape index (κ2) is 9.15. The van der Waals surface area contributed by atoms with E-state index in [0.717, 1.165) is 6.61 Å². The first kappa shape index (κ1) is 17.3. The van der Waals surface area contributed by atoms with Gasteiger partial charge in [-0.3, -0.25) is 0 Å². The Morgan fingerprint density at radius 1 is 1.05 bits per heavy atom. The van der Waals surface area contributed by atoms with Crippen LogP contribution in [0.1, 0.15) is 96.8 Å². The number of ether oxygens (including phenoxy) is 1. The third kappa shape index (κ3) is 5.56. The summed E-state index contributed by atoms with van der Waals surface area (Å²) in [6.45, 7) is 3.23. The predicted octanol–water partition coefficient (Wildman–Crippen LogP) is 5.19. The van der Waals surface area contributed by atoms with Crippen LogP contribution in [0.5, 0.6) is 0 Å². The Hall–Kier alpha value is -0.0800. The van der Waals surface area contributed by atoms with E-state index in [0.29, 0.717) is 12.0 Å². The van der Waals surface area contributed by atoms with E-state index >= 15 is 0 Å². The second-order valence-corrected chi connectivity index (χ2v) is 7.57. The number of hydrogen-bond acceptors (Lipinski definition) is 2. The molecule has 0 aromatic rings. The molecule has 21 heavy (non-hydrogen) atoms. The predicted molar refractivity (Wildman–Crippen MR) is 90.5 cm³/mol. The summed E-state index contributed by atoms with van der Waals surface area (Å²) >= 11 is 0. The molecule has 124 valence electrons. The van der Waals surface area contributed by atoms with Crippen molar-refractivity contribution in [2.45, 2.75) is 108 Å². The molecule has 1 aliphatic carbocycles. The lowest BCUT2D eigenvalue weighted by molar-refractivity contribution is -0.120. The highest BCUT2D eigenvalue weighted by molar-refractivity contribution is 4.92. The molecule has 1 heterocycles. The van der Waals surface area contributed by atoms with E-state index in [1.807, 2.05) is 0 Å². The summed E-state index contributed by atoms with van der Waals surface area (Å²) in [5.74, 6) is 0.715. The lowest BCUT2D eigenvalue weighted by Gasteiger charge is -2.45. The molecule has 2 aliphatic rings. The van der Waals surface area contributed by atoms with Crippen LogP contribution in [0.15, 0.2) is 0 Å². The standard InChI is InChI=1S/C19H37NO/c1-2-3-4-5-6-8-11-18(20)17-12-15-21-19(16-17)13-9-7-10-14-19/h17-18H,2-16,20H2,1H3. The molecule has 1 aliphatic heterocycles. The lowest BCUT2D eigenvalue weighted by atomic mass is 9.73. The normalized spacial score (nSPS) is 26.9. The maximum absolute atomic E-state index is 6.52. The van der Waals surface area contributed by atoms with E-state index < -0.39 is 0 Å². The summed E-state index contributed by atoms with van der Waals surface area (Å²) in [5.41, 5.74) is 6.75. The highest BCUT2D eigenvalue weighted by atomic mass is 16.5. The van der Waals surface area contributed by atoms with Crippen LogP contribution in [0, 0.1) is 5.92 Å². The van der Waals surface area contributed by atoms with Crippen molar-refractivity contribution in [3.63, 3.8) is 0 Å². The van der Waals surface area contributed by atoms with Crippen molar-refractivity contribution < 1.29 is 4.74 Å². The van der Waals surface area contributed by atoms with Crippen molar-refractivity contribution in [1.29, 1.82) is 0 Å². The summed E-state index contributed by atoms with van der Waals surface area (Å²) in [6.07, 6.45) is 18.6. The van der Waals surface area contributed by atoms with E-state index in [-0.39, 0.29) is 5.60 Å². The fourth-order valence-corrected chi connectivity index (χ4v) is 4.37. The first-order valence-electron chi connectivity index (χ1n) is 9.65. The number of rotatable bonds is 8. The average Bonchev–Trinajstić information content (AvgIpc) is 2.51. The SMILES string of the molecule is CCCCCCCCC(N)C1CCOC2(CCCCC2)C1. The quantitative estimate of drug-likeness (QED) is 0.625. The zero-order valence-electron chi connectivity index (χ0n) is 14.2. The van der Waals surface area contributed by atoms with Crippen molar-refractivity contribution in [2.24, 2.45) is 11.7 Å². The van der Waals surface area contributed by atoms with E-state index in [9.17, 15) is 0 Å². The van der Waals surface area contributed by atoms with Gasteiger partial charge in [-0.2, -0.15) is 0 Å². The molecule has 0 aromatic carbocycles. The molecule has 2 rings (SSSR count). The fourth-order valence-electron chi connectivity index (χ4n) is 4.37. The Morgan fingerprint density at radius 2 is 1.76 bits per heavy atom. The molecule has 1 spiro atoms. The van der Waals surface area contributed by atoms with Crippen molar-refractivity contribution in [3.8, 4) is 0 Å². The van der Waals surface area contributed by atoms with Gasteiger partial charge < -0.3 is 10.5 Å². The Morgan fingerprint density at radius 3 is 2.52 bits per heavy atom. The smallest absolute Gasteiger partial charge is 0.0685 e. The first-order valence-corrected chi connectivity index (χ1v) is 9.65. The zero-order chi connectivity index (χ0) is 15.0. The molecule has 2 unspecified atom stereocenters. The Kier molecular flexibility index (Phi) is 7.53. The van der Waals surface area contributed by atoms with E-state index in [4.69, 9.17) is 10.5 Å². The van der Waals surface area contributed by atoms with Gasteiger partial charge in [0.2, 0.25) is 0 Å². The first-order chi connectivity index (χ1) is 10.3. The highest BCUT2D eigenvalue weighted by Gasteiger charge is 2.39. The van der Waals surface area contributed by atoms with Crippen LogP contribution in [0.2, 0.25) is 0 Å². The minimum atomic E-state index is 0.222. The molecular formula is C19H37NO. The summed E-state index contributed by atoms with van der Waals surface area (Å²) in [7, 11) is 0. The van der Waals surface area contributed by atoms with Gasteiger partial charge in [0.05, 0.1) is 5.60 Å². The van der Waals surface area contributed by atoms with E-state index in [1.54, 1.807) is 0 Å². The van der Waals surface area contributed by atoms with Crippen LogP contribution in [0.3, 0.4) is 0 Å². The van der Waals surface area contributed by atoms with E-state index in [2.05, 4.69) is 6.92 Å². The Balaban J connectivity index is 1.65. The van der Waals surface area contributed by atoms with Gasteiger partial charge in [-0.05, 0) is 38.0 Å². The molecule has 2 heteroatoms. The van der Waals surface area contributed by atoms with Gasteiger partial charge in [-0.25, -0.2) is 0 Å². The third-order valence-corrected chi connectivity index (χ3v) is 5.79. The number of nitrogens with two attached hydrogens (primary N) is 1. The molecule has 2 fully saturated rings. The van der Waals surface area contributed by atoms with Gasteiger partial charge in [-0.1, -0.05) is 64.7 Å². The van der Waals surface area contributed by atoms with Gasteiger partial charge in [0.1, 0.15) is 0 Å². The molecule has 0 amide bonds. The molecule has 1 saturated heterocycles. The molecule has 0 radical (unpaired) electrons. The third-order valence-electron chi connectivity index (χ3n) is 5.79. The number of unbranched alkanes of at least 4 members (excludes halogenated alkanes) is 5. The monoisotopic (exact) mass is 295 g/mol. The zero-order valence-corrected chi connectivity index (χ0v) is 14.2. The van der Waals surface area contributed by atoms with Gasteiger partial charge in [0.25, 0.3) is 0 Å². The molecule has 0 aromatic heterocycles. The van der Waals surface area contributed by atoms with Crippen molar-refractivity contribution in [1.82, 2.24) is 0 Å². The Bertz CT molecular complexity index is 267. The van der Waals surface area contributed by atoms with E-state index in [1.165, 1.54) is 89.9 Å². The van der Waals surface area contributed by atoms with Gasteiger partial charge in [-0.15, -0.1) is 0 Å². The minimum Gasteiger partial charge on any atom is -0.375 e.